The monoisotopic (exact) mass is 323 g/mol. The maximum atomic E-state index is 12.9. The Hall–Kier alpha value is -0.436. The first-order valence-electron chi connectivity index (χ1n) is 4.77. The molecule has 0 amide bonds. The molecule has 1 radical (unpaired) electrons. The van der Waals surface area contributed by atoms with Crippen molar-refractivity contribution in [2.24, 2.45) is 0 Å². The van der Waals surface area contributed by atoms with Crippen molar-refractivity contribution in [3.05, 3.63) is 65.1 Å². The topological polar surface area (TPSA) is 3.24 Å². The summed E-state index contributed by atoms with van der Waals surface area (Å²) in [6, 6.07) is 4.31. The molecule has 0 atom stereocenters. The van der Waals surface area contributed by atoms with Gasteiger partial charge < -0.3 is 4.90 Å². The fourth-order valence-corrected chi connectivity index (χ4v) is 1.77. The van der Waals surface area contributed by atoms with Gasteiger partial charge >= 0.3 is 0 Å². The molecule has 1 aromatic carbocycles. The molecule has 4 heteroatoms. The summed E-state index contributed by atoms with van der Waals surface area (Å²) in [6.07, 6.45) is 6.69. The third kappa shape index (κ3) is 3.07. The van der Waals surface area contributed by atoms with Crippen LogP contribution in [0.5, 0.6) is 0 Å². The van der Waals surface area contributed by atoms with E-state index < -0.39 is 0 Å². The molecule has 0 saturated heterocycles. The molecule has 0 unspecified atom stereocenters. The van der Waals surface area contributed by atoms with Gasteiger partial charge in [0, 0.05) is 39.8 Å². The number of hydrogen-bond donors (Lipinski definition) is 0. The van der Waals surface area contributed by atoms with Crippen LogP contribution in [-0.4, -0.2) is 11.9 Å². The largest absolute Gasteiger partial charge is 0.379 e. The number of rotatable bonds is 1. The Kier molecular flexibility index (Phi) is 5.11. The minimum atomic E-state index is -0.345. The van der Waals surface area contributed by atoms with E-state index in [-0.39, 0.29) is 38.5 Å². The number of likely N-dealkylation sites (N-methyl/N-ethyl adjacent to an activating group) is 1. The first-order valence-corrected chi connectivity index (χ1v) is 5.15. The molecule has 0 N–H and O–H groups in total. The van der Waals surface area contributed by atoms with E-state index in [4.69, 9.17) is 11.6 Å². The Balaban J connectivity index is 0.00000144. The zero-order valence-electron chi connectivity index (χ0n) is 9.37. The van der Waals surface area contributed by atoms with Gasteiger partial charge in [-0.25, -0.2) is 4.39 Å². The minimum absolute atomic E-state index is 0. The molecular formula is C13H10ClFNY-. The normalized spacial score (nSPS) is 14.4. The Bertz CT molecular complexity index is 508. The van der Waals surface area contributed by atoms with Crippen LogP contribution in [0, 0.1) is 11.9 Å². The average molecular weight is 324 g/mol. The van der Waals surface area contributed by atoms with Crippen molar-refractivity contribution in [1.82, 2.24) is 4.90 Å². The van der Waals surface area contributed by atoms with Crippen LogP contribution in [-0.2, 0) is 32.7 Å². The Morgan fingerprint density at radius 3 is 2.76 bits per heavy atom. The molecule has 0 aromatic heterocycles. The number of hydrogen-bond acceptors (Lipinski definition) is 1. The fourth-order valence-electron chi connectivity index (χ4n) is 1.51. The number of allylic oxidation sites excluding steroid dienone is 3. The molecule has 1 nitrogen and oxygen atoms in total. The summed E-state index contributed by atoms with van der Waals surface area (Å²) in [5.74, 6) is -0.345. The Labute approximate surface area is 131 Å². The van der Waals surface area contributed by atoms with Crippen molar-refractivity contribution >= 4 is 17.3 Å². The van der Waals surface area contributed by atoms with Crippen LogP contribution in [0.15, 0.2) is 42.6 Å². The summed E-state index contributed by atoms with van der Waals surface area (Å²) in [4.78, 5) is 1.86. The maximum Gasteiger partial charge on any atom is 0.122 e. The van der Waals surface area contributed by atoms with E-state index in [0.29, 0.717) is 5.02 Å². The quantitative estimate of drug-likeness (QED) is 0.713. The first kappa shape index (κ1) is 14.6. The Morgan fingerprint density at radius 1 is 1.41 bits per heavy atom. The molecule has 0 spiro atoms. The molecule has 17 heavy (non-hydrogen) atoms. The van der Waals surface area contributed by atoms with Gasteiger partial charge in [-0.1, -0.05) is 29.4 Å². The van der Waals surface area contributed by atoms with Crippen LogP contribution in [0.4, 0.5) is 4.39 Å². The van der Waals surface area contributed by atoms with Crippen molar-refractivity contribution in [2.75, 3.05) is 7.05 Å². The van der Waals surface area contributed by atoms with Gasteiger partial charge in [-0.05, 0) is 22.9 Å². The Morgan fingerprint density at radius 2 is 2.12 bits per heavy atom. The van der Waals surface area contributed by atoms with Crippen LogP contribution in [0.25, 0.3) is 5.70 Å². The van der Waals surface area contributed by atoms with Crippen LogP contribution < -0.4 is 0 Å². The number of benzene rings is 1. The molecule has 0 bridgehead atoms. The van der Waals surface area contributed by atoms with E-state index in [9.17, 15) is 4.39 Å². The molecule has 0 aliphatic carbocycles. The zero-order valence-corrected chi connectivity index (χ0v) is 13.0. The van der Waals surface area contributed by atoms with Gasteiger partial charge in [0.2, 0.25) is 0 Å². The van der Waals surface area contributed by atoms with Gasteiger partial charge in [0.25, 0.3) is 0 Å². The summed E-state index contributed by atoms with van der Waals surface area (Å²) >= 11 is 5.99. The molecular weight excluding hydrogens is 314 g/mol. The molecule has 1 aromatic rings. The predicted molar refractivity (Wildman–Crippen MR) is 64.1 cm³/mol. The van der Waals surface area contributed by atoms with Crippen molar-refractivity contribution in [3.63, 3.8) is 0 Å². The maximum absolute atomic E-state index is 12.9. The van der Waals surface area contributed by atoms with E-state index in [1.54, 1.807) is 12.1 Å². The zero-order chi connectivity index (χ0) is 11.7. The van der Waals surface area contributed by atoms with Crippen molar-refractivity contribution < 1.29 is 37.1 Å². The summed E-state index contributed by atoms with van der Waals surface area (Å²) in [5.41, 5.74) is 2.38. The van der Waals surface area contributed by atoms with Gasteiger partial charge in [-0.15, -0.1) is 12.1 Å². The predicted octanol–water partition coefficient (Wildman–Crippen LogP) is 3.64. The summed E-state index contributed by atoms with van der Waals surface area (Å²) in [7, 11) is 1.87. The molecule has 85 valence electrons. The second kappa shape index (κ2) is 5.95. The second-order valence-electron chi connectivity index (χ2n) is 3.50. The smallest absolute Gasteiger partial charge is 0.122 e. The molecule has 0 fully saturated rings. The van der Waals surface area contributed by atoms with Crippen molar-refractivity contribution in [1.29, 1.82) is 0 Å². The molecule has 1 aliphatic rings. The molecule has 1 heterocycles. The molecule has 2 rings (SSSR count). The van der Waals surface area contributed by atoms with E-state index in [0.717, 1.165) is 17.0 Å². The van der Waals surface area contributed by atoms with Gasteiger partial charge in [0.1, 0.15) is 5.82 Å². The second-order valence-corrected chi connectivity index (χ2v) is 3.91. The SMILES string of the molecule is C=C1C=C[C-]=C(c2ccc(F)cc2Cl)N1C.[Y]. The standard InChI is InChI=1S/C13H10ClFN.Y/c1-9-4-3-5-13(16(9)2)11-7-6-10(15)8-12(11)14;/h3-4,6-8H,1H2,2H3;/q-1;. The summed E-state index contributed by atoms with van der Waals surface area (Å²) in [6.45, 7) is 3.88. The summed E-state index contributed by atoms with van der Waals surface area (Å²) in [5, 5.41) is 0.373. The fraction of sp³-hybridized carbons (Fsp3) is 0.0769. The van der Waals surface area contributed by atoms with Crippen LogP contribution >= 0.6 is 11.6 Å². The molecule has 1 aliphatic heterocycles. The number of nitrogens with zero attached hydrogens (tertiary/aromatic N) is 1. The first-order chi connectivity index (χ1) is 7.59. The van der Waals surface area contributed by atoms with E-state index in [1.165, 1.54) is 12.1 Å². The van der Waals surface area contributed by atoms with Gasteiger partial charge in [0.05, 0.1) is 0 Å². The van der Waals surface area contributed by atoms with E-state index in [2.05, 4.69) is 12.7 Å². The van der Waals surface area contributed by atoms with Crippen LogP contribution in [0.3, 0.4) is 0 Å². The minimum Gasteiger partial charge on any atom is -0.379 e. The van der Waals surface area contributed by atoms with Crippen molar-refractivity contribution in [2.45, 2.75) is 0 Å². The molecule has 0 saturated carbocycles. The summed E-state index contributed by atoms with van der Waals surface area (Å²) < 4.78 is 12.9. The number of halogens is 2. The average Bonchev–Trinajstić information content (AvgIpc) is 2.23. The van der Waals surface area contributed by atoms with Gasteiger partial charge in [-0.3, -0.25) is 0 Å². The van der Waals surface area contributed by atoms with Crippen molar-refractivity contribution in [3.8, 4) is 0 Å². The van der Waals surface area contributed by atoms with E-state index in [1.807, 2.05) is 18.0 Å². The van der Waals surface area contributed by atoms with Crippen LogP contribution in [0.1, 0.15) is 5.56 Å². The third-order valence-electron chi connectivity index (χ3n) is 2.45. The van der Waals surface area contributed by atoms with Gasteiger partial charge in [0.15, 0.2) is 0 Å². The van der Waals surface area contributed by atoms with Gasteiger partial charge in [-0.2, -0.15) is 12.2 Å². The van der Waals surface area contributed by atoms with E-state index >= 15 is 0 Å². The third-order valence-corrected chi connectivity index (χ3v) is 2.76. The van der Waals surface area contributed by atoms with Crippen LogP contribution in [0.2, 0.25) is 5.02 Å².